The molecule has 1 N–H and O–H groups in total. The number of aryl methyl sites for hydroxylation is 2. The molecular weight excluding hydrogens is 362 g/mol. The van der Waals surface area contributed by atoms with Gasteiger partial charge in [0.1, 0.15) is 5.52 Å². The van der Waals surface area contributed by atoms with Crippen molar-refractivity contribution in [2.24, 2.45) is 0 Å². The van der Waals surface area contributed by atoms with E-state index in [1.54, 1.807) is 0 Å². The molecule has 138 valence electrons. The number of halogens is 1. The number of imidazole rings is 1. The summed E-state index contributed by atoms with van der Waals surface area (Å²) in [4.78, 5) is 9.26. The summed E-state index contributed by atoms with van der Waals surface area (Å²) < 4.78 is 7.84. The number of fused-ring (bicyclic) bond motifs is 2. The van der Waals surface area contributed by atoms with E-state index in [9.17, 15) is 0 Å². The van der Waals surface area contributed by atoms with Crippen LogP contribution in [0.4, 0.5) is 0 Å². The predicted molar refractivity (Wildman–Crippen MR) is 105 cm³/mol. The van der Waals surface area contributed by atoms with E-state index in [0.717, 1.165) is 65.5 Å². The Kier molecular flexibility index (Phi) is 3.91. The van der Waals surface area contributed by atoms with Crippen molar-refractivity contribution in [2.45, 2.75) is 32.6 Å². The Morgan fingerprint density at radius 2 is 1.96 bits per heavy atom. The zero-order valence-electron chi connectivity index (χ0n) is 15.3. The Bertz CT molecular complexity index is 1160. The van der Waals surface area contributed by atoms with Crippen molar-refractivity contribution in [3.05, 3.63) is 46.6 Å². The van der Waals surface area contributed by atoms with Crippen LogP contribution in [-0.2, 0) is 0 Å². The van der Waals surface area contributed by atoms with Gasteiger partial charge in [-0.05, 0) is 63.5 Å². The van der Waals surface area contributed by atoms with Crippen LogP contribution in [0.2, 0.25) is 5.02 Å². The Labute approximate surface area is 161 Å². The average Bonchev–Trinajstić information content (AvgIpc) is 3.26. The van der Waals surface area contributed by atoms with Crippen molar-refractivity contribution in [3.8, 4) is 11.3 Å². The fourth-order valence-corrected chi connectivity index (χ4v) is 4.04. The van der Waals surface area contributed by atoms with Crippen LogP contribution in [-0.4, -0.2) is 32.7 Å². The summed E-state index contributed by atoms with van der Waals surface area (Å²) >= 11 is 6.53. The molecule has 0 atom stereocenters. The van der Waals surface area contributed by atoms with E-state index in [1.165, 1.54) is 0 Å². The molecule has 1 fully saturated rings. The third-order valence-electron chi connectivity index (χ3n) is 5.18. The van der Waals surface area contributed by atoms with Gasteiger partial charge in [-0.2, -0.15) is 5.10 Å². The maximum atomic E-state index is 6.53. The topological polar surface area (TPSA) is 68.2 Å². The highest BCUT2D eigenvalue weighted by molar-refractivity contribution is 6.35. The van der Waals surface area contributed by atoms with Crippen molar-refractivity contribution >= 4 is 28.3 Å². The monoisotopic (exact) mass is 381 g/mol. The van der Waals surface area contributed by atoms with Gasteiger partial charge >= 0.3 is 0 Å². The van der Waals surface area contributed by atoms with E-state index in [0.29, 0.717) is 16.5 Å². The molecule has 0 bridgehead atoms. The summed E-state index contributed by atoms with van der Waals surface area (Å²) in [6.45, 7) is 6.00. The molecule has 6 nitrogen and oxygen atoms in total. The van der Waals surface area contributed by atoms with Crippen LogP contribution in [0, 0.1) is 13.8 Å². The Morgan fingerprint density at radius 1 is 1.15 bits per heavy atom. The fourth-order valence-electron chi connectivity index (χ4n) is 3.79. The van der Waals surface area contributed by atoms with Gasteiger partial charge in [0.05, 0.1) is 22.6 Å². The Balaban J connectivity index is 1.61. The van der Waals surface area contributed by atoms with Crippen molar-refractivity contribution in [1.29, 1.82) is 0 Å². The molecule has 7 heteroatoms. The van der Waals surface area contributed by atoms with Gasteiger partial charge in [0.25, 0.3) is 0 Å². The largest absolute Gasteiger partial charge is 0.439 e. The van der Waals surface area contributed by atoms with Gasteiger partial charge in [0, 0.05) is 11.5 Å². The van der Waals surface area contributed by atoms with Crippen molar-refractivity contribution in [3.63, 3.8) is 0 Å². The van der Waals surface area contributed by atoms with E-state index < -0.39 is 0 Å². The van der Waals surface area contributed by atoms with Gasteiger partial charge < -0.3 is 9.73 Å². The van der Waals surface area contributed by atoms with Gasteiger partial charge in [-0.15, -0.1) is 0 Å². The first-order valence-electron chi connectivity index (χ1n) is 9.23. The lowest BCUT2D eigenvalue weighted by atomic mass is 9.98. The number of oxazole rings is 1. The summed E-state index contributed by atoms with van der Waals surface area (Å²) in [6.07, 6.45) is 4.00. The SMILES string of the molecule is Cc1cn2nc(-c3cc(Cl)c4oc(C5CCNCC5)nc4c3)cc(C)c2n1. The Morgan fingerprint density at radius 3 is 2.78 bits per heavy atom. The summed E-state index contributed by atoms with van der Waals surface area (Å²) in [7, 11) is 0. The number of nitrogens with one attached hydrogen (secondary N) is 1. The standard InChI is InChI=1S/C20H20ClN5O/c1-11-7-16(25-26-10-12(2)23-19(11)26)14-8-15(21)18-17(9-14)24-20(27-18)13-3-5-22-6-4-13/h7-10,13,22H,3-6H2,1-2H3. The molecule has 1 saturated heterocycles. The van der Waals surface area contributed by atoms with Crippen LogP contribution in [0.5, 0.6) is 0 Å². The third-order valence-corrected chi connectivity index (χ3v) is 5.46. The first-order chi connectivity index (χ1) is 13.1. The highest BCUT2D eigenvalue weighted by Gasteiger charge is 2.22. The van der Waals surface area contributed by atoms with E-state index in [2.05, 4.69) is 10.3 Å². The molecule has 27 heavy (non-hydrogen) atoms. The minimum atomic E-state index is 0.351. The molecule has 0 spiro atoms. The van der Waals surface area contributed by atoms with Crippen molar-refractivity contribution < 1.29 is 4.42 Å². The molecule has 4 aromatic rings. The molecular formula is C20H20ClN5O. The number of piperidine rings is 1. The predicted octanol–water partition coefficient (Wildman–Crippen LogP) is 4.27. The van der Waals surface area contributed by atoms with Crippen molar-refractivity contribution in [2.75, 3.05) is 13.1 Å². The second-order valence-electron chi connectivity index (χ2n) is 7.25. The van der Waals surface area contributed by atoms with Crippen LogP contribution < -0.4 is 5.32 Å². The smallest absolute Gasteiger partial charge is 0.198 e. The molecule has 0 saturated carbocycles. The van der Waals surface area contributed by atoms with E-state index in [-0.39, 0.29) is 0 Å². The number of hydrogen-bond donors (Lipinski definition) is 1. The molecule has 1 aliphatic rings. The van der Waals surface area contributed by atoms with Crippen LogP contribution in [0.25, 0.3) is 28.0 Å². The van der Waals surface area contributed by atoms with Gasteiger partial charge in [-0.25, -0.2) is 14.5 Å². The van der Waals surface area contributed by atoms with E-state index in [1.807, 2.05) is 42.8 Å². The normalized spacial score (nSPS) is 15.8. The van der Waals surface area contributed by atoms with E-state index >= 15 is 0 Å². The average molecular weight is 382 g/mol. The maximum absolute atomic E-state index is 6.53. The molecule has 0 aliphatic carbocycles. The lowest BCUT2D eigenvalue weighted by Gasteiger charge is -2.19. The second kappa shape index (κ2) is 6.32. The molecule has 4 heterocycles. The molecule has 0 amide bonds. The van der Waals surface area contributed by atoms with Gasteiger partial charge in [0.2, 0.25) is 0 Å². The third kappa shape index (κ3) is 2.89. The van der Waals surface area contributed by atoms with Crippen LogP contribution in [0.15, 0.2) is 28.8 Å². The second-order valence-corrected chi connectivity index (χ2v) is 7.65. The molecule has 1 aliphatic heterocycles. The van der Waals surface area contributed by atoms with Gasteiger partial charge in [-0.1, -0.05) is 11.6 Å². The quantitative estimate of drug-likeness (QED) is 0.561. The molecule has 1 aromatic carbocycles. The van der Waals surface area contributed by atoms with Crippen LogP contribution in [0.1, 0.15) is 35.9 Å². The first-order valence-corrected chi connectivity index (χ1v) is 9.61. The minimum absolute atomic E-state index is 0.351. The number of hydrogen-bond acceptors (Lipinski definition) is 5. The fraction of sp³-hybridized carbons (Fsp3) is 0.350. The minimum Gasteiger partial charge on any atom is -0.439 e. The first kappa shape index (κ1) is 16.7. The zero-order chi connectivity index (χ0) is 18.5. The van der Waals surface area contributed by atoms with Gasteiger partial charge in [0.15, 0.2) is 17.1 Å². The number of rotatable bonds is 2. The number of aromatic nitrogens is 4. The lowest BCUT2D eigenvalue weighted by Crippen LogP contribution is -2.26. The molecule has 0 radical (unpaired) electrons. The highest BCUT2D eigenvalue weighted by Crippen LogP contribution is 2.34. The summed E-state index contributed by atoms with van der Waals surface area (Å²) in [5.41, 5.74) is 6.09. The van der Waals surface area contributed by atoms with Crippen LogP contribution in [0.3, 0.4) is 0 Å². The van der Waals surface area contributed by atoms with Gasteiger partial charge in [-0.3, -0.25) is 0 Å². The summed E-state index contributed by atoms with van der Waals surface area (Å²) in [6, 6.07) is 5.94. The number of benzene rings is 1. The van der Waals surface area contributed by atoms with Crippen molar-refractivity contribution in [1.82, 2.24) is 24.9 Å². The molecule has 5 rings (SSSR count). The highest BCUT2D eigenvalue weighted by atomic mass is 35.5. The lowest BCUT2D eigenvalue weighted by molar-refractivity contribution is 0.385. The summed E-state index contributed by atoms with van der Waals surface area (Å²) in [5.74, 6) is 1.14. The summed E-state index contributed by atoms with van der Waals surface area (Å²) in [5, 5.41) is 8.64. The maximum Gasteiger partial charge on any atom is 0.198 e. The van der Waals surface area contributed by atoms with E-state index in [4.69, 9.17) is 26.1 Å². The Hall–Kier alpha value is -2.44. The zero-order valence-corrected chi connectivity index (χ0v) is 16.0. The molecule has 3 aromatic heterocycles. The molecule has 0 unspecified atom stereocenters. The van der Waals surface area contributed by atoms with Crippen LogP contribution >= 0.6 is 11.6 Å². The number of nitrogens with zero attached hydrogens (tertiary/aromatic N) is 4.